The van der Waals surface area contributed by atoms with Gasteiger partial charge in [0.25, 0.3) is 0 Å². The third-order valence-corrected chi connectivity index (χ3v) is 3.02. The molecule has 0 aliphatic carbocycles. The van der Waals surface area contributed by atoms with Crippen molar-refractivity contribution < 1.29 is 10.2 Å². The summed E-state index contributed by atoms with van der Waals surface area (Å²) in [5.41, 5.74) is 0. The van der Waals surface area contributed by atoms with Crippen LogP contribution in [-0.2, 0) is 0 Å². The molecule has 1 aliphatic rings. The Morgan fingerprint density at radius 1 is 1.30 bits per heavy atom. The molecule has 0 amide bonds. The molecule has 2 atom stereocenters. The summed E-state index contributed by atoms with van der Waals surface area (Å²) in [5, 5.41) is 18.2. The Morgan fingerprint density at radius 3 is 2.70 bits per heavy atom. The normalized spacial score (nSPS) is 35.4. The molecule has 10 heavy (non-hydrogen) atoms. The summed E-state index contributed by atoms with van der Waals surface area (Å²) in [6.07, 6.45) is 1.54. The molecule has 1 rings (SSSR count). The zero-order valence-corrected chi connectivity index (χ0v) is 6.81. The number of rotatable bonds is 1. The number of hydrogen-bond donors (Lipinski definition) is 2. The molecule has 1 heterocycles. The molecule has 1 saturated heterocycles. The maximum absolute atomic E-state index is 9.38. The minimum Gasteiger partial charge on any atom is -0.396 e. The van der Waals surface area contributed by atoms with E-state index >= 15 is 0 Å². The molecule has 3 heteroatoms. The van der Waals surface area contributed by atoms with Gasteiger partial charge in [0, 0.05) is 12.5 Å². The highest BCUT2D eigenvalue weighted by Gasteiger charge is 2.20. The molecule has 60 valence electrons. The summed E-state index contributed by atoms with van der Waals surface area (Å²) < 4.78 is 0. The fraction of sp³-hybridized carbons (Fsp3) is 1.00. The topological polar surface area (TPSA) is 40.5 Å². The Kier molecular flexibility index (Phi) is 3.52. The zero-order valence-electron chi connectivity index (χ0n) is 5.99. The minimum atomic E-state index is -0.264. The van der Waals surface area contributed by atoms with E-state index in [1.54, 1.807) is 0 Å². The van der Waals surface area contributed by atoms with Gasteiger partial charge in [0.15, 0.2) is 0 Å². The van der Waals surface area contributed by atoms with Crippen LogP contribution in [0.4, 0.5) is 0 Å². The number of hydrogen-bond acceptors (Lipinski definition) is 3. The minimum absolute atomic E-state index is 0.134. The second-order valence-electron chi connectivity index (χ2n) is 2.70. The van der Waals surface area contributed by atoms with E-state index in [2.05, 4.69) is 0 Å². The summed E-state index contributed by atoms with van der Waals surface area (Å²) in [6, 6.07) is 0. The van der Waals surface area contributed by atoms with E-state index < -0.39 is 0 Å². The van der Waals surface area contributed by atoms with Gasteiger partial charge in [0.2, 0.25) is 0 Å². The fourth-order valence-corrected chi connectivity index (χ4v) is 2.26. The zero-order chi connectivity index (χ0) is 7.40. The van der Waals surface area contributed by atoms with Crippen LogP contribution in [0.5, 0.6) is 0 Å². The van der Waals surface area contributed by atoms with Crippen LogP contribution in [-0.4, -0.2) is 34.4 Å². The lowest BCUT2D eigenvalue weighted by Gasteiger charge is -2.16. The van der Waals surface area contributed by atoms with E-state index in [1.165, 1.54) is 0 Å². The van der Waals surface area contributed by atoms with E-state index in [4.69, 9.17) is 5.11 Å². The van der Waals surface area contributed by atoms with Crippen LogP contribution in [0.1, 0.15) is 12.8 Å². The van der Waals surface area contributed by atoms with Crippen LogP contribution in [0.15, 0.2) is 0 Å². The van der Waals surface area contributed by atoms with E-state index in [0.29, 0.717) is 0 Å². The molecule has 0 bridgehead atoms. The van der Waals surface area contributed by atoms with Crippen molar-refractivity contribution in [1.82, 2.24) is 0 Å². The van der Waals surface area contributed by atoms with Crippen molar-refractivity contribution >= 4 is 11.8 Å². The van der Waals surface area contributed by atoms with Crippen LogP contribution >= 0.6 is 11.8 Å². The first-order chi connectivity index (χ1) is 4.84. The highest BCUT2D eigenvalue weighted by Crippen LogP contribution is 2.21. The molecule has 2 nitrogen and oxygen atoms in total. The maximum Gasteiger partial charge on any atom is 0.0598 e. The van der Waals surface area contributed by atoms with Gasteiger partial charge in [-0.1, -0.05) is 0 Å². The van der Waals surface area contributed by atoms with Crippen LogP contribution in [0.3, 0.4) is 0 Å². The lowest BCUT2D eigenvalue weighted by Crippen LogP contribution is -2.23. The molecule has 1 aliphatic heterocycles. The summed E-state index contributed by atoms with van der Waals surface area (Å²) >= 11 is 1.87. The third-order valence-electron chi connectivity index (χ3n) is 1.97. The second-order valence-corrected chi connectivity index (χ2v) is 3.92. The first-order valence-electron chi connectivity index (χ1n) is 3.71. The van der Waals surface area contributed by atoms with E-state index in [9.17, 15) is 5.11 Å². The monoisotopic (exact) mass is 162 g/mol. The van der Waals surface area contributed by atoms with Crippen LogP contribution in [0, 0.1) is 5.92 Å². The predicted octanol–water partition coefficient (Wildman–Crippen LogP) is 0.483. The molecule has 0 radical (unpaired) electrons. The Balaban J connectivity index is 2.35. The second kappa shape index (κ2) is 4.21. The van der Waals surface area contributed by atoms with Gasteiger partial charge in [-0.15, -0.1) is 0 Å². The number of thioether (sulfide) groups is 1. The smallest absolute Gasteiger partial charge is 0.0598 e. The Bertz CT molecular complexity index is 97.6. The SMILES string of the molecule is OC[C@H]1CCSCC[C@@H]1O. The molecule has 0 aromatic carbocycles. The lowest BCUT2D eigenvalue weighted by atomic mass is 9.99. The van der Waals surface area contributed by atoms with E-state index in [-0.39, 0.29) is 18.6 Å². The van der Waals surface area contributed by atoms with Gasteiger partial charge in [-0.25, -0.2) is 0 Å². The van der Waals surface area contributed by atoms with Gasteiger partial charge < -0.3 is 10.2 Å². The largest absolute Gasteiger partial charge is 0.396 e. The molecule has 0 saturated carbocycles. The Labute approximate surface area is 65.6 Å². The number of aliphatic hydroxyl groups excluding tert-OH is 2. The maximum atomic E-state index is 9.38. The van der Waals surface area contributed by atoms with Gasteiger partial charge in [-0.2, -0.15) is 11.8 Å². The number of aliphatic hydroxyl groups is 2. The molecule has 0 aromatic rings. The summed E-state index contributed by atoms with van der Waals surface area (Å²) in [6.45, 7) is 0.141. The quantitative estimate of drug-likeness (QED) is 0.589. The summed E-state index contributed by atoms with van der Waals surface area (Å²) in [7, 11) is 0. The average molecular weight is 162 g/mol. The first-order valence-corrected chi connectivity index (χ1v) is 4.86. The van der Waals surface area contributed by atoms with E-state index in [1.807, 2.05) is 11.8 Å². The fourth-order valence-electron chi connectivity index (χ4n) is 1.18. The predicted molar refractivity (Wildman–Crippen MR) is 43.1 cm³/mol. The molecule has 0 spiro atoms. The van der Waals surface area contributed by atoms with Crippen molar-refractivity contribution in [1.29, 1.82) is 0 Å². The Hall–Kier alpha value is 0.270. The highest BCUT2D eigenvalue weighted by molar-refractivity contribution is 7.99. The lowest BCUT2D eigenvalue weighted by molar-refractivity contribution is 0.0656. The third kappa shape index (κ3) is 2.15. The highest BCUT2D eigenvalue weighted by atomic mass is 32.2. The summed E-state index contributed by atoms with van der Waals surface area (Å²) in [5.74, 6) is 2.26. The van der Waals surface area contributed by atoms with Gasteiger partial charge in [-0.05, 0) is 24.3 Å². The van der Waals surface area contributed by atoms with Crippen molar-refractivity contribution in [3.63, 3.8) is 0 Å². The molecular weight excluding hydrogens is 148 g/mol. The van der Waals surface area contributed by atoms with E-state index in [0.717, 1.165) is 24.3 Å². The van der Waals surface area contributed by atoms with Crippen LogP contribution in [0.2, 0.25) is 0 Å². The molecule has 1 fully saturated rings. The Morgan fingerprint density at radius 2 is 2.00 bits per heavy atom. The summed E-state index contributed by atoms with van der Waals surface area (Å²) in [4.78, 5) is 0. The van der Waals surface area contributed by atoms with Crippen molar-refractivity contribution in [3.8, 4) is 0 Å². The van der Waals surface area contributed by atoms with Gasteiger partial charge >= 0.3 is 0 Å². The molecular formula is C7H14O2S. The molecule has 0 aromatic heterocycles. The molecule has 0 unspecified atom stereocenters. The van der Waals surface area contributed by atoms with Crippen molar-refractivity contribution in [2.45, 2.75) is 18.9 Å². The first kappa shape index (κ1) is 8.37. The van der Waals surface area contributed by atoms with Gasteiger partial charge in [0.05, 0.1) is 6.10 Å². The van der Waals surface area contributed by atoms with Crippen LogP contribution in [0.25, 0.3) is 0 Å². The molecule has 2 N–H and O–H groups in total. The average Bonchev–Trinajstić information content (AvgIpc) is 2.13. The standard InChI is InChI=1S/C7H14O2S/c8-5-6-1-3-10-4-2-7(6)9/h6-9H,1-5H2/t6-,7+/m1/s1. The van der Waals surface area contributed by atoms with Crippen molar-refractivity contribution in [2.24, 2.45) is 5.92 Å². The van der Waals surface area contributed by atoms with Gasteiger partial charge in [0.1, 0.15) is 0 Å². The van der Waals surface area contributed by atoms with Gasteiger partial charge in [-0.3, -0.25) is 0 Å². The van der Waals surface area contributed by atoms with Crippen molar-refractivity contribution in [3.05, 3.63) is 0 Å². The van der Waals surface area contributed by atoms with Crippen LogP contribution < -0.4 is 0 Å². The van der Waals surface area contributed by atoms with Crippen molar-refractivity contribution in [2.75, 3.05) is 18.1 Å².